The summed E-state index contributed by atoms with van der Waals surface area (Å²) in [6, 6.07) is 13.8. The van der Waals surface area contributed by atoms with Crippen LogP contribution in [0.1, 0.15) is 24.5 Å². The van der Waals surface area contributed by atoms with Gasteiger partial charge >= 0.3 is 0 Å². The van der Waals surface area contributed by atoms with E-state index in [0.717, 1.165) is 36.4 Å². The van der Waals surface area contributed by atoms with E-state index in [2.05, 4.69) is 17.2 Å². The van der Waals surface area contributed by atoms with Gasteiger partial charge in [0.05, 0.1) is 27.4 Å². The number of methoxy groups -OCH3 is 2. The molecule has 0 aliphatic carbocycles. The van der Waals surface area contributed by atoms with Gasteiger partial charge in [-0.3, -0.25) is 0 Å². The van der Waals surface area contributed by atoms with Crippen molar-refractivity contribution in [2.45, 2.75) is 26.3 Å². The van der Waals surface area contributed by atoms with Crippen LogP contribution >= 0.6 is 24.0 Å². The largest absolute Gasteiger partial charge is 0.497 e. The average Bonchev–Trinajstić information content (AvgIpc) is 2.71. The van der Waals surface area contributed by atoms with Crippen LogP contribution in [0, 0.1) is 0 Å². The number of nitrogens with one attached hydrogen (secondary N) is 1. The van der Waals surface area contributed by atoms with E-state index in [0.29, 0.717) is 24.9 Å². The second-order valence-corrected chi connectivity index (χ2v) is 6.06. The van der Waals surface area contributed by atoms with Crippen LogP contribution in [0.3, 0.4) is 0 Å². The highest BCUT2D eigenvalue weighted by molar-refractivity contribution is 14.0. The highest BCUT2D eigenvalue weighted by atomic mass is 127. The molecule has 0 bridgehead atoms. The Balaban J connectivity index is 0.00000392. The quantitative estimate of drug-likeness (QED) is 0.296. The summed E-state index contributed by atoms with van der Waals surface area (Å²) in [4.78, 5) is 4.39. The molecular formula is C21H30IN3O3. The van der Waals surface area contributed by atoms with Gasteiger partial charge < -0.3 is 25.3 Å². The molecule has 0 saturated heterocycles. The fraction of sp³-hybridized carbons (Fsp3) is 0.381. The summed E-state index contributed by atoms with van der Waals surface area (Å²) < 4.78 is 16.2. The number of rotatable bonds is 10. The molecule has 2 rings (SSSR count). The molecule has 154 valence electrons. The minimum atomic E-state index is 0. The van der Waals surface area contributed by atoms with Crippen molar-refractivity contribution in [3.8, 4) is 17.2 Å². The van der Waals surface area contributed by atoms with Gasteiger partial charge in [0.25, 0.3) is 0 Å². The third kappa shape index (κ3) is 7.84. The second-order valence-electron chi connectivity index (χ2n) is 6.06. The standard InChI is InChI=1S/C21H29N3O3.HI/c1-4-13-27-19-10-7-17(14-20(19)26-3)15-24-21(22)23-12-11-16-5-8-18(25-2)9-6-16;/h5-10,14H,4,11-13,15H2,1-3H3,(H3,22,23,24);1H. The van der Waals surface area contributed by atoms with E-state index in [1.807, 2.05) is 42.5 Å². The van der Waals surface area contributed by atoms with Crippen molar-refractivity contribution >= 4 is 29.9 Å². The maximum Gasteiger partial charge on any atom is 0.188 e. The monoisotopic (exact) mass is 499 g/mol. The van der Waals surface area contributed by atoms with Crippen LogP contribution in [0.4, 0.5) is 0 Å². The van der Waals surface area contributed by atoms with Gasteiger partial charge in [-0.25, -0.2) is 4.99 Å². The van der Waals surface area contributed by atoms with E-state index in [1.165, 1.54) is 5.56 Å². The SMILES string of the molecule is CCCOc1ccc(CN=C(N)NCCc2ccc(OC)cc2)cc1OC.I. The summed E-state index contributed by atoms with van der Waals surface area (Å²) in [5.41, 5.74) is 8.18. The minimum absolute atomic E-state index is 0. The van der Waals surface area contributed by atoms with Crippen LogP contribution in [-0.2, 0) is 13.0 Å². The molecule has 0 atom stereocenters. The summed E-state index contributed by atoms with van der Waals surface area (Å²) in [5.74, 6) is 2.74. The molecule has 2 aromatic carbocycles. The van der Waals surface area contributed by atoms with Crippen LogP contribution in [-0.4, -0.2) is 33.3 Å². The van der Waals surface area contributed by atoms with Crippen molar-refractivity contribution < 1.29 is 14.2 Å². The predicted octanol–water partition coefficient (Wildman–Crippen LogP) is 3.76. The lowest BCUT2D eigenvalue weighted by Gasteiger charge is -2.11. The molecule has 0 heterocycles. The van der Waals surface area contributed by atoms with Crippen molar-refractivity contribution in [2.75, 3.05) is 27.4 Å². The predicted molar refractivity (Wildman–Crippen MR) is 124 cm³/mol. The van der Waals surface area contributed by atoms with Gasteiger partial charge in [-0.2, -0.15) is 0 Å². The molecule has 0 fully saturated rings. The molecule has 0 aliphatic heterocycles. The van der Waals surface area contributed by atoms with Gasteiger partial charge in [0.15, 0.2) is 17.5 Å². The first-order valence-corrected chi connectivity index (χ1v) is 9.12. The van der Waals surface area contributed by atoms with E-state index >= 15 is 0 Å². The van der Waals surface area contributed by atoms with Gasteiger partial charge in [-0.05, 0) is 48.2 Å². The number of hydrogen-bond donors (Lipinski definition) is 2. The van der Waals surface area contributed by atoms with E-state index in [9.17, 15) is 0 Å². The molecule has 0 radical (unpaired) electrons. The molecule has 6 nitrogen and oxygen atoms in total. The number of halogens is 1. The van der Waals surface area contributed by atoms with E-state index < -0.39 is 0 Å². The summed E-state index contributed by atoms with van der Waals surface area (Å²) in [5, 5.41) is 3.14. The van der Waals surface area contributed by atoms with Crippen molar-refractivity contribution in [3.63, 3.8) is 0 Å². The zero-order valence-electron chi connectivity index (χ0n) is 16.7. The Hall–Kier alpha value is -2.16. The van der Waals surface area contributed by atoms with Crippen molar-refractivity contribution in [2.24, 2.45) is 10.7 Å². The zero-order chi connectivity index (χ0) is 19.5. The second kappa shape index (κ2) is 13.1. The van der Waals surface area contributed by atoms with Crippen molar-refractivity contribution in [1.82, 2.24) is 5.32 Å². The van der Waals surface area contributed by atoms with E-state index in [1.54, 1.807) is 14.2 Å². The van der Waals surface area contributed by atoms with Gasteiger partial charge in [0.2, 0.25) is 0 Å². The number of nitrogens with two attached hydrogens (primary N) is 1. The van der Waals surface area contributed by atoms with E-state index in [4.69, 9.17) is 19.9 Å². The summed E-state index contributed by atoms with van der Waals surface area (Å²) in [6.07, 6.45) is 1.81. The lowest BCUT2D eigenvalue weighted by Crippen LogP contribution is -2.33. The molecule has 7 heteroatoms. The summed E-state index contributed by atoms with van der Waals surface area (Å²) >= 11 is 0. The number of hydrogen-bond acceptors (Lipinski definition) is 4. The lowest BCUT2D eigenvalue weighted by molar-refractivity contribution is 0.294. The van der Waals surface area contributed by atoms with E-state index in [-0.39, 0.29) is 24.0 Å². The van der Waals surface area contributed by atoms with Crippen LogP contribution in [0.15, 0.2) is 47.5 Å². The number of aliphatic imine (C=N–C) groups is 1. The number of benzene rings is 2. The first kappa shape index (κ1) is 23.9. The molecule has 0 spiro atoms. The smallest absolute Gasteiger partial charge is 0.188 e. The maximum atomic E-state index is 5.96. The maximum absolute atomic E-state index is 5.96. The van der Waals surface area contributed by atoms with Crippen LogP contribution < -0.4 is 25.3 Å². The van der Waals surface area contributed by atoms with Crippen LogP contribution in [0.25, 0.3) is 0 Å². The Bertz CT molecular complexity index is 736. The number of ether oxygens (including phenoxy) is 3. The van der Waals surface area contributed by atoms with Crippen molar-refractivity contribution in [1.29, 1.82) is 0 Å². The highest BCUT2D eigenvalue weighted by Gasteiger charge is 2.05. The number of guanidine groups is 1. The third-order valence-electron chi connectivity index (χ3n) is 4.00. The van der Waals surface area contributed by atoms with Gasteiger partial charge in [-0.15, -0.1) is 24.0 Å². The normalized spacial score (nSPS) is 10.8. The lowest BCUT2D eigenvalue weighted by atomic mass is 10.1. The Labute approximate surface area is 184 Å². The topological polar surface area (TPSA) is 78.1 Å². The average molecular weight is 499 g/mol. The van der Waals surface area contributed by atoms with Gasteiger partial charge in [0.1, 0.15) is 5.75 Å². The fourth-order valence-corrected chi connectivity index (χ4v) is 2.50. The Morgan fingerprint density at radius 1 is 1.00 bits per heavy atom. The van der Waals surface area contributed by atoms with Crippen molar-refractivity contribution in [3.05, 3.63) is 53.6 Å². The first-order chi connectivity index (χ1) is 13.2. The third-order valence-corrected chi connectivity index (χ3v) is 4.00. The molecule has 0 amide bonds. The molecule has 3 N–H and O–H groups in total. The molecule has 0 unspecified atom stereocenters. The van der Waals surface area contributed by atoms with Gasteiger partial charge in [0, 0.05) is 6.54 Å². The number of nitrogens with zero attached hydrogens (tertiary/aromatic N) is 1. The summed E-state index contributed by atoms with van der Waals surface area (Å²) in [7, 11) is 3.30. The highest BCUT2D eigenvalue weighted by Crippen LogP contribution is 2.28. The summed E-state index contributed by atoms with van der Waals surface area (Å²) in [6.45, 7) is 3.93. The van der Waals surface area contributed by atoms with Crippen LogP contribution in [0.5, 0.6) is 17.2 Å². The first-order valence-electron chi connectivity index (χ1n) is 9.12. The zero-order valence-corrected chi connectivity index (χ0v) is 19.1. The molecular weight excluding hydrogens is 469 g/mol. The minimum Gasteiger partial charge on any atom is -0.497 e. The van der Waals surface area contributed by atoms with Crippen LogP contribution in [0.2, 0.25) is 0 Å². The molecule has 28 heavy (non-hydrogen) atoms. The molecule has 0 saturated carbocycles. The Morgan fingerprint density at radius 3 is 2.36 bits per heavy atom. The Morgan fingerprint density at radius 2 is 1.71 bits per heavy atom. The molecule has 2 aromatic rings. The molecule has 0 aliphatic rings. The van der Waals surface area contributed by atoms with Gasteiger partial charge in [-0.1, -0.05) is 25.1 Å². The Kier molecular flexibility index (Phi) is 11.2. The fourth-order valence-electron chi connectivity index (χ4n) is 2.50. The molecule has 0 aromatic heterocycles.